The summed E-state index contributed by atoms with van der Waals surface area (Å²) in [4.78, 5) is 10.6. The lowest BCUT2D eigenvalue weighted by Gasteiger charge is -2.07. The number of para-hydroxylation sites is 2. The van der Waals surface area contributed by atoms with Crippen molar-refractivity contribution in [3.8, 4) is 0 Å². The van der Waals surface area contributed by atoms with Crippen LogP contribution in [0.3, 0.4) is 0 Å². The number of anilines is 1. The molecule has 0 saturated heterocycles. The van der Waals surface area contributed by atoms with E-state index < -0.39 is 4.92 Å². The predicted molar refractivity (Wildman–Crippen MR) is 84.6 cm³/mol. The van der Waals surface area contributed by atoms with Crippen LogP contribution in [0.1, 0.15) is 25.3 Å². The van der Waals surface area contributed by atoms with Gasteiger partial charge in [0.25, 0.3) is 5.69 Å². The van der Waals surface area contributed by atoms with E-state index in [0.29, 0.717) is 5.69 Å². The van der Waals surface area contributed by atoms with Crippen LogP contribution in [0.5, 0.6) is 0 Å². The molecule has 1 N–H and O–H groups in total. The molecule has 0 fully saturated rings. The Balaban J connectivity index is 2.27. The number of benzene rings is 2. The lowest BCUT2D eigenvalue weighted by Crippen LogP contribution is -2.05. The van der Waals surface area contributed by atoms with Crippen molar-refractivity contribution in [1.82, 2.24) is 0 Å². The molecule has 108 valence electrons. The van der Waals surface area contributed by atoms with Crippen molar-refractivity contribution in [2.24, 2.45) is 5.10 Å². The molecule has 0 atom stereocenters. The molecule has 2 rings (SSSR count). The maximum Gasteiger partial charge on any atom is 0.294 e. The third-order valence-electron chi connectivity index (χ3n) is 3.01. The van der Waals surface area contributed by atoms with Gasteiger partial charge in [0.05, 0.1) is 10.6 Å². The fourth-order valence-corrected chi connectivity index (χ4v) is 1.99. The quantitative estimate of drug-likeness (QED) is 0.490. The van der Waals surface area contributed by atoms with Gasteiger partial charge in [-0.25, -0.2) is 0 Å². The van der Waals surface area contributed by atoms with Crippen molar-refractivity contribution >= 4 is 17.1 Å². The molecule has 0 bridgehead atoms. The number of nitro benzene ring substituents is 1. The third-order valence-corrected chi connectivity index (χ3v) is 3.01. The molecule has 0 aliphatic heterocycles. The lowest BCUT2D eigenvalue weighted by molar-refractivity contribution is -0.384. The van der Waals surface area contributed by atoms with Crippen LogP contribution in [0, 0.1) is 10.1 Å². The van der Waals surface area contributed by atoms with Crippen LogP contribution >= 0.6 is 0 Å². The smallest absolute Gasteiger partial charge is 0.271 e. The first-order chi connectivity index (χ1) is 10.2. The minimum absolute atomic E-state index is 0.0187. The van der Waals surface area contributed by atoms with E-state index in [-0.39, 0.29) is 5.69 Å². The van der Waals surface area contributed by atoms with Gasteiger partial charge in [-0.2, -0.15) is 5.10 Å². The molecule has 0 radical (unpaired) electrons. The van der Waals surface area contributed by atoms with E-state index in [4.69, 9.17) is 0 Å². The standard InChI is InChI=1S/C16H17N3O2/c1-2-8-14(13-9-4-3-5-10-13)17-18-15-11-6-7-12-16(15)19(20)21/h3-7,9-12,18H,2,8H2,1H3/b17-14+. The molecular weight excluding hydrogens is 266 g/mol. The maximum atomic E-state index is 11.0. The average molecular weight is 283 g/mol. The van der Waals surface area contributed by atoms with Gasteiger partial charge in [0.2, 0.25) is 0 Å². The molecule has 0 spiro atoms. The maximum absolute atomic E-state index is 11.0. The Morgan fingerprint density at radius 2 is 1.81 bits per heavy atom. The van der Waals surface area contributed by atoms with E-state index in [1.54, 1.807) is 18.2 Å². The van der Waals surface area contributed by atoms with Crippen LogP contribution in [-0.2, 0) is 0 Å². The second-order valence-corrected chi connectivity index (χ2v) is 4.56. The highest BCUT2D eigenvalue weighted by molar-refractivity contribution is 6.00. The van der Waals surface area contributed by atoms with Gasteiger partial charge in [0.15, 0.2) is 0 Å². The number of nitrogens with one attached hydrogen (secondary N) is 1. The van der Waals surface area contributed by atoms with Crippen molar-refractivity contribution in [3.63, 3.8) is 0 Å². The molecule has 5 nitrogen and oxygen atoms in total. The zero-order valence-electron chi connectivity index (χ0n) is 11.8. The number of nitro groups is 1. The van der Waals surface area contributed by atoms with Crippen molar-refractivity contribution in [3.05, 3.63) is 70.3 Å². The van der Waals surface area contributed by atoms with Gasteiger partial charge >= 0.3 is 0 Å². The number of hydrazone groups is 1. The van der Waals surface area contributed by atoms with Gasteiger partial charge in [-0.05, 0) is 18.1 Å². The van der Waals surface area contributed by atoms with Crippen LogP contribution in [0.4, 0.5) is 11.4 Å². The van der Waals surface area contributed by atoms with E-state index >= 15 is 0 Å². The number of rotatable bonds is 6. The van der Waals surface area contributed by atoms with E-state index in [1.165, 1.54) is 6.07 Å². The van der Waals surface area contributed by atoms with Gasteiger partial charge < -0.3 is 0 Å². The molecule has 0 unspecified atom stereocenters. The van der Waals surface area contributed by atoms with Gasteiger partial charge in [-0.1, -0.05) is 55.8 Å². The molecule has 0 aliphatic rings. The minimum atomic E-state index is -0.417. The topological polar surface area (TPSA) is 67.5 Å². The third kappa shape index (κ3) is 3.89. The fraction of sp³-hybridized carbons (Fsp3) is 0.188. The Labute approximate surface area is 123 Å². The van der Waals surface area contributed by atoms with E-state index in [0.717, 1.165) is 24.1 Å². The van der Waals surface area contributed by atoms with E-state index in [2.05, 4.69) is 17.5 Å². The summed E-state index contributed by atoms with van der Waals surface area (Å²) in [7, 11) is 0. The second-order valence-electron chi connectivity index (χ2n) is 4.56. The summed E-state index contributed by atoms with van der Waals surface area (Å²) >= 11 is 0. The predicted octanol–water partition coefficient (Wildman–Crippen LogP) is 4.21. The molecule has 0 heterocycles. The monoisotopic (exact) mass is 283 g/mol. The fourth-order valence-electron chi connectivity index (χ4n) is 1.99. The first-order valence-electron chi connectivity index (χ1n) is 6.83. The van der Waals surface area contributed by atoms with E-state index in [1.807, 2.05) is 30.3 Å². The molecule has 0 amide bonds. The van der Waals surface area contributed by atoms with Crippen LogP contribution in [0.2, 0.25) is 0 Å². The highest BCUT2D eigenvalue weighted by atomic mass is 16.6. The Kier molecular flexibility index (Phi) is 5.04. The van der Waals surface area contributed by atoms with Crippen LogP contribution < -0.4 is 5.43 Å². The highest BCUT2D eigenvalue weighted by Crippen LogP contribution is 2.23. The molecule has 0 aliphatic carbocycles. The van der Waals surface area contributed by atoms with Gasteiger partial charge in [-0.3, -0.25) is 15.5 Å². The minimum Gasteiger partial charge on any atom is -0.271 e. The van der Waals surface area contributed by atoms with Crippen molar-refractivity contribution < 1.29 is 4.92 Å². The number of hydrogen-bond donors (Lipinski definition) is 1. The van der Waals surface area contributed by atoms with Crippen LogP contribution in [-0.4, -0.2) is 10.6 Å². The Morgan fingerprint density at radius 1 is 1.14 bits per heavy atom. The zero-order chi connectivity index (χ0) is 15.1. The van der Waals surface area contributed by atoms with Crippen LogP contribution in [0.25, 0.3) is 0 Å². The van der Waals surface area contributed by atoms with Gasteiger partial charge in [-0.15, -0.1) is 0 Å². The SMILES string of the molecule is CCC/C(=N\Nc1ccccc1[N+](=O)[O-])c1ccccc1. The molecule has 5 heteroatoms. The molecular formula is C16H17N3O2. The molecule has 0 saturated carbocycles. The Morgan fingerprint density at radius 3 is 2.48 bits per heavy atom. The summed E-state index contributed by atoms with van der Waals surface area (Å²) in [6.45, 7) is 2.07. The summed E-state index contributed by atoms with van der Waals surface area (Å²) in [6.07, 6.45) is 1.75. The molecule has 21 heavy (non-hydrogen) atoms. The summed E-state index contributed by atoms with van der Waals surface area (Å²) in [5, 5.41) is 15.3. The lowest BCUT2D eigenvalue weighted by atomic mass is 10.1. The first-order valence-corrected chi connectivity index (χ1v) is 6.83. The number of nitrogens with zero attached hydrogens (tertiary/aromatic N) is 2. The zero-order valence-corrected chi connectivity index (χ0v) is 11.8. The molecule has 2 aromatic carbocycles. The molecule has 2 aromatic rings. The molecule has 0 aromatic heterocycles. The summed E-state index contributed by atoms with van der Waals surface area (Å²) in [6, 6.07) is 16.3. The largest absolute Gasteiger partial charge is 0.294 e. The first kappa shape index (κ1) is 14.7. The number of hydrogen-bond acceptors (Lipinski definition) is 4. The Bertz CT molecular complexity index is 639. The summed E-state index contributed by atoms with van der Waals surface area (Å²) < 4.78 is 0. The van der Waals surface area contributed by atoms with Crippen molar-refractivity contribution in [2.75, 3.05) is 5.43 Å². The van der Waals surface area contributed by atoms with Crippen molar-refractivity contribution in [1.29, 1.82) is 0 Å². The van der Waals surface area contributed by atoms with Gasteiger partial charge in [0.1, 0.15) is 5.69 Å². The van der Waals surface area contributed by atoms with Gasteiger partial charge in [0, 0.05) is 6.07 Å². The summed E-state index contributed by atoms with van der Waals surface area (Å²) in [5.41, 5.74) is 5.14. The van der Waals surface area contributed by atoms with E-state index in [9.17, 15) is 10.1 Å². The Hall–Kier alpha value is -2.69. The highest BCUT2D eigenvalue weighted by Gasteiger charge is 2.12. The van der Waals surface area contributed by atoms with Crippen molar-refractivity contribution in [2.45, 2.75) is 19.8 Å². The summed E-state index contributed by atoms with van der Waals surface area (Å²) in [5.74, 6) is 0. The average Bonchev–Trinajstić information content (AvgIpc) is 2.52. The normalized spacial score (nSPS) is 11.2. The van der Waals surface area contributed by atoms with Crippen LogP contribution in [0.15, 0.2) is 59.7 Å². The second kappa shape index (κ2) is 7.19.